The van der Waals surface area contributed by atoms with Crippen molar-refractivity contribution in [3.63, 3.8) is 0 Å². The number of carbonyl (C=O) groups excluding carboxylic acids is 1. The predicted octanol–water partition coefficient (Wildman–Crippen LogP) is 1.66. The monoisotopic (exact) mass is 222 g/mol. The molecule has 0 fully saturated rings. The van der Waals surface area contributed by atoms with E-state index in [1.54, 1.807) is 20.1 Å². The SMILES string of the molecule is CCOC(=O)C=NNc1cccc(OC)c1. The van der Waals surface area contributed by atoms with Crippen LogP contribution in [-0.4, -0.2) is 25.9 Å². The van der Waals surface area contributed by atoms with E-state index in [9.17, 15) is 4.79 Å². The Labute approximate surface area is 94.1 Å². The zero-order chi connectivity index (χ0) is 11.8. The quantitative estimate of drug-likeness (QED) is 0.467. The van der Waals surface area contributed by atoms with Gasteiger partial charge in [-0.15, -0.1) is 0 Å². The molecular weight excluding hydrogens is 208 g/mol. The molecule has 0 saturated carbocycles. The Bertz CT molecular complexity index is 377. The number of nitrogens with one attached hydrogen (secondary N) is 1. The highest BCUT2D eigenvalue weighted by Gasteiger charge is 1.95. The van der Waals surface area contributed by atoms with Crippen LogP contribution in [0.1, 0.15) is 6.92 Å². The van der Waals surface area contributed by atoms with E-state index in [0.29, 0.717) is 6.61 Å². The molecule has 0 aliphatic heterocycles. The highest BCUT2D eigenvalue weighted by molar-refractivity contribution is 6.23. The highest BCUT2D eigenvalue weighted by atomic mass is 16.5. The van der Waals surface area contributed by atoms with Crippen LogP contribution in [0.25, 0.3) is 0 Å². The molecule has 0 saturated heterocycles. The van der Waals surface area contributed by atoms with Crippen LogP contribution in [0.4, 0.5) is 5.69 Å². The Hall–Kier alpha value is -2.04. The Balaban J connectivity index is 2.50. The molecule has 86 valence electrons. The predicted molar refractivity (Wildman–Crippen MR) is 61.7 cm³/mol. The minimum Gasteiger partial charge on any atom is -0.497 e. The minimum absolute atomic E-state index is 0.337. The highest BCUT2D eigenvalue weighted by Crippen LogP contribution is 2.16. The van der Waals surface area contributed by atoms with Crippen LogP contribution in [0.3, 0.4) is 0 Å². The molecule has 0 spiro atoms. The van der Waals surface area contributed by atoms with E-state index in [-0.39, 0.29) is 0 Å². The number of benzene rings is 1. The molecule has 0 aliphatic carbocycles. The molecule has 0 amide bonds. The third-order valence-corrected chi connectivity index (χ3v) is 1.72. The van der Waals surface area contributed by atoms with Gasteiger partial charge in [0.25, 0.3) is 0 Å². The van der Waals surface area contributed by atoms with Crippen molar-refractivity contribution in [1.82, 2.24) is 0 Å². The molecular formula is C11H14N2O3. The van der Waals surface area contributed by atoms with Gasteiger partial charge in [0.15, 0.2) is 0 Å². The second-order valence-electron chi connectivity index (χ2n) is 2.85. The number of ether oxygens (including phenoxy) is 2. The average Bonchev–Trinajstić information content (AvgIpc) is 2.30. The molecule has 0 atom stereocenters. The smallest absolute Gasteiger partial charge is 0.351 e. The second kappa shape index (κ2) is 6.44. The first-order chi connectivity index (χ1) is 7.76. The lowest BCUT2D eigenvalue weighted by molar-refractivity contribution is -0.134. The number of methoxy groups -OCH3 is 1. The molecule has 1 rings (SSSR count). The summed E-state index contributed by atoms with van der Waals surface area (Å²) in [6.45, 7) is 2.07. The first kappa shape index (κ1) is 12.0. The third kappa shape index (κ3) is 4.00. The van der Waals surface area contributed by atoms with Gasteiger partial charge in [-0.25, -0.2) is 4.79 Å². The van der Waals surface area contributed by atoms with Gasteiger partial charge in [-0.05, 0) is 19.1 Å². The molecule has 1 aromatic carbocycles. The van der Waals surface area contributed by atoms with Crippen molar-refractivity contribution in [2.45, 2.75) is 6.92 Å². The number of hydrazone groups is 1. The Morgan fingerprint density at radius 2 is 2.38 bits per heavy atom. The Morgan fingerprint density at radius 1 is 1.56 bits per heavy atom. The van der Waals surface area contributed by atoms with Gasteiger partial charge >= 0.3 is 5.97 Å². The number of anilines is 1. The van der Waals surface area contributed by atoms with Gasteiger partial charge in [-0.1, -0.05) is 6.07 Å². The summed E-state index contributed by atoms with van der Waals surface area (Å²) in [4.78, 5) is 10.9. The molecule has 5 heteroatoms. The fourth-order valence-electron chi connectivity index (χ4n) is 1.03. The zero-order valence-electron chi connectivity index (χ0n) is 9.27. The van der Waals surface area contributed by atoms with E-state index < -0.39 is 5.97 Å². The molecule has 0 unspecified atom stereocenters. The van der Waals surface area contributed by atoms with Crippen molar-refractivity contribution in [2.24, 2.45) is 5.10 Å². The molecule has 1 aromatic rings. The summed E-state index contributed by atoms with van der Waals surface area (Å²) in [6, 6.07) is 7.22. The van der Waals surface area contributed by atoms with Gasteiger partial charge in [0, 0.05) is 6.07 Å². The number of hydrogen-bond donors (Lipinski definition) is 1. The van der Waals surface area contributed by atoms with Gasteiger partial charge in [0.1, 0.15) is 12.0 Å². The maximum atomic E-state index is 10.9. The number of carbonyl (C=O) groups is 1. The van der Waals surface area contributed by atoms with Crippen molar-refractivity contribution in [2.75, 3.05) is 19.1 Å². The van der Waals surface area contributed by atoms with Crippen LogP contribution in [0.15, 0.2) is 29.4 Å². The topological polar surface area (TPSA) is 59.9 Å². The number of esters is 1. The van der Waals surface area contributed by atoms with Crippen molar-refractivity contribution in [3.05, 3.63) is 24.3 Å². The van der Waals surface area contributed by atoms with E-state index >= 15 is 0 Å². The maximum Gasteiger partial charge on any atom is 0.351 e. The van der Waals surface area contributed by atoms with Gasteiger partial charge in [-0.2, -0.15) is 5.10 Å². The lowest BCUT2D eigenvalue weighted by Crippen LogP contribution is -2.06. The fourth-order valence-corrected chi connectivity index (χ4v) is 1.03. The van der Waals surface area contributed by atoms with Gasteiger partial charge < -0.3 is 9.47 Å². The van der Waals surface area contributed by atoms with Crippen LogP contribution in [0.5, 0.6) is 5.75 Å². The Kier molecular flexibility index (Phi) is 4.85. The fraction of sp³-hybridized carbons (Fsp3) is 0.273. The summed E-state index contributed by atoms with van der Waals surface area (Å²) in [7, 11) is 1.58. The maximum absolute atomic E-state index is 10.9. The number of rotatable bonds is 5. The molecule has 1 N–H and O–H groups in total. The van der Waals surface area contributed by atoms with Crippen molar-refractivity contribution in [3.8, 4) is 5.75 Å². The van der Waals surface area contributed by atoms with Crippen LogP contribution in [-0.2, 0) is 9.53 Å². The van der Waals surface area contributed by atoms with E-state index in [0.717, 1.165) is 17.7 Å². The van der Waals surface area contributed by atoms with Crippen LogP contribution < -0.4 is 10.2 Å². The first-order valence-electron chi connectivity index (χ1n) is 4.86. The molecule has 0 aromatic heterocycles. The zero-order valence-corrected chi connectivity index (χ0v) is 9.27. The molecule has 0 bridgehead atoms. The summed E-state index contributed by atoms with van der Waals surface area (Å²) in [5, 5.41) is 3.73. The van der Waals surface area contributed by atoms with Crippen LogP contribution in [0, 0.1) is 0 Å². The van der Waals surface area contributed by atoms with Gasteiger partial charge in [0.2, 0.25) is 0 Å². The van der Waals surface area contributed by atoms with E-state index in [1.807, 2.05) is 18.2 Å². The molecule has 5 nitrogen and oxygen atoms in total. The van der Waals surface area contributed by atoms with E-state index in [4.69, 9.17) is 4.74 Å². The lowest BCUT2D eigenvalue weighted by Gasteiger charge is -2.02. The molecule has 0 aliphatic rings. The van der Waals surface area contributed by atoms with Crippen molar-refractivity contribution >= 4 is 17.9 Å². The third-order valence-electron chi connectivity index (χ3n) is 1.72. The minimum atomic E-state index is -0.474. The van der Waals surface area contributed by atoms with Gasteiger partial charge in [-0.3, -0.25) is 5.43 Å². The van der Waals surface area contributed by atoms with Crippen molar-refractivity contribution < 1.29 is 14.3 Å². The lowest BCUT2D eigenvalue weighted by atomic mass is 10.3. The molecule has 0 radical (unpaired) electrons. The van der Waals surface area contributed by atoms with E-state index in [1.165, 1.54) is 0 Å². The van der Waals surface area contributed by atoms with Crippen LogP contribution in [0.2, 0.25) is 0 Å². The van der Waals surface area contributed by atoms with Crippen molar-refractivity contribution in [1.29, 1.82) is 0 Å². The molecule has 0 heterocycles. The first-order valence-corrected chi connectivity index (χ1v) is 4.86. The molecule has 16 heavy (non-hydrogen) atoms. The van der Waals surface area contributed by atoms with Gasteiger partial charge in [0.05, 0.1) is 19.4 Å². The normalized spacial score (nSPS) is 10.1. The largest absolute Gasteiger partial charge is 0.497 e. The van der Waals surface area contributed by atoms with E-state index in [2.05, 4.69) is 15.3 Å². The van der Waals surface area contributed by atoms with Crippen LogP contribution >= 0.6 is 0 Å². The Morgan fingerprint density at radius 3 is 3.06 bits per heavy atom. The summed E-state index contributed by atoms with van der Waals surface area (Å²) in [5.41, 5.74) is 3.43. The number of hydrogen-bond acceptors (Lipinski definition) is 5. The average molecular weight is 222 g/mol. The summed E-state index contributed by atoms with van der Waals surface area (Å²) >= 11 is 0. The standard InChI is InChI=1S/C11H14N2O3/c1-3-16-11(14)8-12-13-9-5-4-6-10(7-9)15-2/h4-8,13H,3H2,1-2H3. The second-order valence-corrected chi connectivity index (χ2v) is 2.85. The summed E-state index contributed by atoms with van der Waals surface area (Å²) in [5.74, 6) is 0.245. The summed E-state index contributed by atoms with van der Waals surface area (Å²) in [6.07, 6.45) is 1.09. The number of nitrogens with zero attached hydrogens (tertiary/aromatic N) is 1. The summed E-state index contributed by atoms with van der Waals surface area (Å²) < 4.78 is 9.71.